The fourth-order valence-electron chi connectivity index (χ4n) is 4.09. The van der Waals surface area contributed by atoms with Gasteiger partial charge in [-0.15, -0.1) is 0 Å². The number of fused-ring (bicyclic) bond motifs is 1. The lowest BCUT2D eigenvalue weighted by Gasteiger charge is -2.20. The van der Waals surface area contributed by atoms with Crippen molar-refractivity contribution in [3.8, 4) is 0 Å². The van der Waals surface area contributed by atoms with Gasteiger partial charge in [-0.25, -0.2) is 4.98 Å². The number of H-pyrrole nitrogens is 1. The first-order valence-electron chi connectivity index (χ1n) is 10.3. The molecule has 5 rings (SSSR count). The zero-order valence-corrected chi connectivity index (χ0v) is 19.7. The van der Waals surface area contributed by atoms with E-state index in [4.69, 9.17) is 4.42 Å². The van der Waals surface area contributed by atoms with Gasteiger partial charge < -0.3 is 14.5 Å². The predicted molar refractivity (Wildman–Crippen MR) is 128 cm³/mol. The molecule has 4 aromatic rings. The van der Waals surface area contributed by atoms with Crippen LogP contribution in [0.25, 0.3) is 16.8 Å². The molecule has 0 aliphatic carbocycles. The fraction of sp³-hybridized carbons (Fsp3) is 0.160. The largest absolute Gasteiger partial charge is 0.507 e. The third-order valence-corrected chi connectivity index (χ3v) is 6.65. The average Bonchev–Trinajstić information content (AvgIpc) is 3.45. The molecule has 166 valence electrons. The number of hydrogen-bond acceptors (Lipinski definition) is 5. The zero-order valence-electron chi connectivity index (χ0n) is 18.1. The topological polar surface area (TPSA) is 99.4 Å². The summed E-state index contributed by atoms with van der Waals surface area (Å²) in [5.41, 5.74) is 3.70. The summed E-state index contributed by atoms with van der Waals surface area (Å²) in [5.74, 6) is -0.668. The lowest BCUT2D eigenvalue weighted by molar-refractivity contribution is -0.132. The summed E-state index contributed by atoms with van der Waals surface area (Å²) < 4.78 is 6.70. The van der Waals surface area contributed by atoms with Crippen LogP contribution >= 0.6 is 15.9 Å². The van der Waals surface area contributed by atoms with Gasteiger partial charge in [-0.2, -0.15) is 0 Å². The molecule has 1 saturated heterocycles. The summed E-state index contributed by atoms with van der Waals surface area (Å²) in [6.07, 6.45) is 0. The third-order valence-electron chi connectivity index (χ3n) is 5.76. The molecule has 1 aliphatic rings. The molecular formula is C25H20BrN3O4. The summed E-state index contributed by atoms with van der Waals surface area (Å²) in [6.45, 7) is 5.61. The van der Waals surface area contributed by atoms with E-state index in [1.807, 2.05) is 32.0 Å². The van der Waals surface area contributed by atoms with Crippen molar-refractivity contribution in [2.24, 2.45) is 0 Å². The van der Waals surface area contributed by atoms with Crippen LogP contribution in [0.2, 0.25) is 0 Å². The number of aromatic amines is 1. The molecule has 33 heavy (non-hydrogen) atoms. The number of benzene rings is 2. The SMILES string of the molecule is Cc1ccc2nc(N3C(=O)C(=O)/C(=C(/O)c4ccc(Br)c(C)c4)C3c3ccc(C)o3)[nH]c2c1. The first-order chi connectivity index (χ1) is 15.7. The van der Waals surface area contributed by atoms with Crippen LogP contribution in [0.1, 0.15) is 34.3 Å². The number of ketones is 1. The number of hydrogen-bond donors (Lipinski definition) is 2. The first kappa shape index (κ1) is 21.2. The number of imidazole rings is 1. The molecule has 1 unspecified atom stereocenters. The number of aliphatic hydroxyl groups excluding tert-OH is 1. The van der Waals surface area contributed by atoms with Crippen LogP contribution in [0, 0.1) is 20.8 Å². The maximum Gasteiger partial charge on any atom is 0.302 e. The second-order valence-electron chi connectivity index (χ2n) is 8.16. The van der Waals surface area contributed by atoms with Gasteiger partial charge in [0, 0.05) is 10.0 Å². The molecule has 0 bridgehead atoms. The molecule has 1 fully saturated rings. The smallest absolute Gasteiger partial charge is 0.302 e. The maximum absolute atomic E-state index is 13.2. The van der Waals surface area contributed by atoms with Gasteiger partial charge >= 0.3 is 5.91 Å². The van der Waals surface area contributed by atoms with Crippen molar-refractivity contribution in [2.75, 3.05) is 4.90 Å². The Hall–Kier alpha value is -3.65. The number of aryl methyl sites for hydroxylation is 3. The second-order valence-corrected chi connectivity index (χ2v) is 9.02. The number of Topliss-reactive ketones (excluding diaryl/α,β-unsaturated/α-hetero) is 1. The fourth-order valence-corrected chi connectivity index (χ4v) is 4.34. The van der Waals surface area contributed by atoms with Crippen LogP contribution in [0.15, 0.2) is 63.0 Å². The monoisotopic (exact) mass is 505 g/mol. The predicted octanol–water partition coefficient (Wildman–Crippen LogP) is 5.47. The molecule has 7 nitrogen and oxygen atoms in total. The first-order valence-corrected chi connectivity index (χ1v) is 11.1. The van der Waals surface area contributed by atoms with Crippen LogP contribution in [0.5, 0.6) is 0 Å². The Bertz CT molecular complexity index is 1480. The average molecular weight is 506 g/mol. The standard InChI is InChI=1S/C25H20BrN3O4/c1-12-4-8-17-18(10-12)28-25(27-17)29-21(19-9-5-14(3)33-19)20(23(31)24(29)32)22(30)15-6-7-16(26)13(2)11-15/h4-11,21,30H,1-3H3,(H,27,28)/b22-20+. The Morgan fingerprint density at radius 2 is 1.88 bits per heavy atom. The molecular weight excluding hydrogens is 486 g/mol. The summed E-state index contributed by atoms with van der Waals surface area (Å²) in [7, 11) is 0. The normalized spacial score (nSPS) is 17.9. The van der Waals surface area contributed by atoms with Crippen molar-refractivity contribution in [3.63, 3.8) is 0 Å². The number of nitrogens with one attached hydrogen (secondary N) is 1. The molecule has 2 aromatic heterocycles. The highest BCUT2D eigenvalue weighted by molar-refractivity contribution is 9.10. The van der Waals surface area contributed by atoms with E-state index in [2.05, 4.69) is 25.9 Å². The van der Waals surface area contributed by atoms with E-state index in [1.54, 1.807) is 37.3 Å². The number of rotatable bonds is 3. The third kappa shape index (κ3) is 3.47. The molecule has 2 aromatic carbocycles. The molecule has 0 radical (unpaired) electrons. The molecule has 2 N–H and O–H groups in total. The van der Waals surface area contributed by atoms with Gasteiger partial charge in [0.2, 0.25) is 5.95 Å². The van der Waals surface area contributed by atoms with Gasteiger partial charge in [0.25, 0.3) is 5.78 Å². The zero-order chi connectivity index (χ0) is 23.4. The van der Waals surface area contributed by atoms with Crippen molar-refractivity contribution >= 4 is 50.4 Å². The number of nitrogens with zero attached hydrogens (tertiary/aromatic N) is 2. The minimum Gasteiger partial charge on any atom is -0.507 e. The summed E-state index contributed by atoms with van der Waals surface area (Å²) in [6, 6.07) is 13.4. The molecule has 0 saturated carbocycles. The molecule has 1 amide bonds. The number of furan rings is 1. The van der Waals surface area contributed by atoms with Gasteiger partial charge in [0.1, 0.15) is 23.3 Å². The van der Waals surface area contributed by atoms with Crippen molar-refractivity contribution in [3.05, 3.63) is 86.8 Å². The number of carbonyl (C=O) groups is 2. The van der Waals surface area contributed by atoms with Gasteiger partial charge in [-0.05, 0) is 68.3 Å². The Morgan fingerprint density at radius 3 is 2.58 bits per heavy atom. The number of carbonyl (C=O) groups excluding carboxylic acids is 2. The van der Waals surface area contributed by atoms with Crippen LogP contribution in [0.4, 0.5) is 5.95 Å². The van der Waals surface area contributed by atoms with Crippen molar-refractivity contribution in [1.82, 2.24) is 9.97 Å². The summed E-state index contributed by atoms with van der Waals surface area (Å²) >= 11 is 3.44. The lowest BCUT2D eigenvalue weighted by Crippen LogP contribution is -2.30. The van der Waals surface area contributed by atoms with Crippen LogP contribution in [0.3, 0.4) is 0 Å². The number of halogens is 1. The van der Waals surface area contributed by atoms with Crippen LogP contribution in [-0.2, 0) is 9.59 Å². The molecule has 0 spiro atoms. The maximum atomic E-state index is 13.2. The van der Waals surface area contributed by atoms with Crippen LogP contribution in [-0.4, -0.2) is 26.8 Å². The van der Waals surface area contributed by atoms with Gasteiger partial charge in [0.05, 0.1) is 16.6 Å². The van der Waals surface area contributed by atoms with Crippen molar-refractivity contribution < 1.29 is 19.1 Å². The van der Waals surface area contributed by atoms with E-state index >= 15 is 0 Å². The molecule has 8 heteroatoms. The van der Waals surface area contributed by atoms with E-state index in [0.717, 1.165) is 21.1 Å². The minimum atomic E-state index is -0.968. The van der Waals surface area contributed by atoms with E-state index in [1.165, 1.54) is 4.90 Å². The lowest BCUT2D eigenvalue weighted by atomic mass is 9.98. The number of aromatic nitrogens is 2. The van der Waals surface area contributed by atoms with Crippen LogP contribution < -0.4 is 4.90 Å². The number of amides is 1. The summed E-state index contributed by atoms with van der Waals surface area (Å²) in [5, 5.41) is 11.2. The highest BCUT2D eigenvalue weighted by atomic mass is 79.9. The number of anilines is 1. The molecule has 1 aliphatic heterocycles. The molecule has 1 atom stereocenters. The highest BCUT2D eigenvalue weighted by Gasteiger charge is 2.49. The highest BCUT2D eigenvalue weighted by Crippen LogP contribution is 2.42. The Balaban J connectivity index is 1.73. The minimum absolute atomic E-state index is 0.0484. The summed E-state index contributed by atoms with van der Waals surface area (Å²) in [4.78, 5) is 35.4. The van der Waals surface area contributed by atoms with Gasteiger partial charge in [-0.3, -0.25) is 14.5 Å². The molecule has 3 heterocycles. The Labute approximate surface area is 197 Å². The van der Waals surface area contributed by atoms with E-state index in [-0.39, 0.29) is 17.3 Å². The van der Waals surface area contributed by atoms with Crippen molar-refractivity contribution in [2.45, 2.75) is 26.8 Å². The Morgan fingerprint density at radius 1 is 1.09 bits per heavy atom. The van der Waals surface area contributed by atoms with Gasteiger partial charge in [-0.1, -0.05) is 28.1 Å². The van der Waals surface area contributed by atoms with Crippen molar-refractivity contribution in [1.29, 1.82) is 0 Å². The van der Waals surface area contributed by atoms with E-state index in [9.17, 15) is 14.7 Å². The second kappa shape index (κ2) is 7.74. The Kier molecular flexibility index (Phi) is 4.97. The van der Waals surface area contributed by atoms with Gasteiger partial charge in [0.15, 0.2) is 0 Å². The number of aliphatic hydroxyl groups is 1. The van der Waals surface area contributed by atoms with E-state index < -0.39 is 17.7 Å². The quantitative estimate of drug-likeness (QED) is 0.218. The van der Waals surface area contributed by atoms with E-state index in [0.29, 0.717) is 22.6 Å².